The summed E-state index contributed by atoms with van der Waals surface area (Å²) in [6.07, 6.45) is 0.596. The first kappa shape index (κ1) is 13.0. The maximum atomic E-state index is 13.2. The van der Waals surface area contributed by atoms with Gasteiger partial charge in [-0.2, -0.15) is 8.78 Å². The number of carbonyl (C=O) groups excluding carboxylic acids is 1. The number of carboxylic acids is 1. The van der Waals surface area contributed by atoms with Gasteiger partial charge in [-0.05, 0) is 12.2 Å². The molecule has 0 aliphatic rings. The number of carbonyl (C=O) groups is 1. The second-order valence-corrected chi connectivity index (χ2v) is 2.86. The van der Waals surface area contributed by atoms with Crippen LogP contribution in [0.4, 0.5) is 17.6 Å². The minimum atomic E-state index is -1.76. The summed E-state index contributed by atoms with van der Waals surface area (Å²) in [4.78, 5) is 10.0. The molecule has 0 amide bonds. The molecule has 0 fully saturated rings. The van der Waals surface area contributed by atoms with Crippen LogP contribution in [0.1, 0.15) is 5.56 Å². The maximum Gasteiger partial charge on any atom is 0.204 e. The van der Waals surface area contributed by atoms with Crippen molar-refractivity contribution in [2.75, 3.05) is 7.11 Å². The third kappa shape index (κ3) is 2.38. The van der Waals surface area contributed by atoms with Crippen molar-refractivity contribution in [3.05, 3.63) is 34.9 Å². The Balaban J connectivity index is 3.48. The summed E-state index contributed by atoms with van der Waals surface area (Å²) in [5.74, 6) is -9.98. The van der Waals surface area contributed by atoms with Gasteiger partial charge in [-0.1, -0.05) is 0 Å². The van der Waals surface area contributed by atoms with Crippen LogP contribution in [0.25, 0.3) is 6.08 Å². The monoisotopic (exact) mass is 249 g/mol. The minimum absolute atomic E-state index is 0.243. The van der Waals surface area contributed by atoms with Crippen LogP contribution in [0, 0.1) is 23.3 Å². The Kier molecular flexibility index (Phi) is 3.72. The lowest BCUT2D eigenvalue weighted by Crippen LogP contribution is -2.18. The number of hydrogen-bond donors (Lipinski definition) is 0. The van der Waals surface area contributed by atoms with Crippen LogP contribution in [0.5, 0.6) is 5.75 Å². The second-order valence-electron chi connectivity index (χ2n) is 2.86. The first-order chi connectivity index (χ1) is 7.90. The van der Waals surface area contributed by atoms with Gasteiger partial charge in [0.15, 0.2) is 17.4 Å². The van der Waals surface area contributed by atoms with Gasteiger partial charge in [0.05, 0.1) is 18.6 Å². The van der Waals surface area contributed by atoms with E-state index in [-0.39, 0.29) is 6.08 Å². The molecule has 0 heterocycles. The molecule has 0 aliphatic heterocycles. The van der Waals surface area contributed by atoms with Crippen molar-refractivity contribution >= 4 is 12.0 Å². The third-order valence-corrected chi connectivity index (χ3v) is 1.85. The number of halogens is 4. The van der Waals surface area contributed by atoms with Gasteiger partial charge in [0.1, 0.15) is 0 Å². The summed E-state index contributed by atoms with van der Waals surface area (Å²) in [5.41, 5.74) is -1.16. The van der Waals surface area contributed by atoms with Crippen molar-refractivity contribution in [1.82, 2.24) is 0 Å². The molecule has 17 heavy (non-hydrogen) atoms. The quantitative estimate of drug-likeness (QED) is 0.456. The number of hydrogen-bond acceptors (Lipinski definition) is 3. The Morgan fingerprint density at radius 2 is 1.59 bits per heavy atom. The first-order valence-corrected chi connectivity index (χ1v) is 4.19. The number of aliphatic carboxylic acids is 1. The standard InChI is InChI=1S/C10H6F4O3/c1-17-10-8(13)6(11)4(2-3-5(15)16)7(12)9(10)14/h2-3H,1H3,(H,15,16)/p-1. The molecule has 0 saturated heterocycles. The number of methoxy groups -OCH3 is 1. The SMILES string of the molecule is COc1c(F)c(F)c(C=CC(=O)[O-])c(F)c1F. The van der Waals surface area contributed by atoms with Gasteiger partial charge in [0.25, 0.3) is 0 Å². The predicted molar refractivity (Wildman–Crippen MR) is 46.9 cm³/mol. The van der Waals surface area contributed by atoms with Crippen molar-refractivity contribution in [1.29, 1.82) is 0 Å². The molecule has 0 aliphatic carbocycles. The summed E-state index contributed by atoms with van der Waals surface area (Å²) in [6, 6.07) is 0. The fourth-order valence-electron chi connectivity index (χ4n) is 1.11. The summed E-state index contributed by atoms with van der Waals surface area (Å²) in [6.45, 7) is 0. The van der Waals surface area contributed by atoms with E-state index in [2.05, 4.69) is 4.74 Å². The molecule has 1 rings (SSSR count). The zero-order valence-corrected chi connectivity index (χ0v) is 8.39. The highest BCUT2D eigenvalue weighted by Crippen LogP contribution is 2.30. The topological polar surface area (TPSA) is 49.4 Å². The Labute approximate surface area is 92.9 Å². The summed E-state index contributed by atoms with van der Waals surface area (Å²) >= 11 is 0. The fourth-order valence-corrected chi connectivity index (χ4v) is 1.11. The third-order valence-electron chi connectivity index (χ3n) is 1.85. The average molecular weight is 249 g/mol. The van der Waals surface area contributed by atoms with Gasteiger partial charge >= 0.3 is 0 Å². The van der Waals surface area contributed by atoms with Crippen molar-refractivity contribution in [3.8, 4) is 5.75 Å². The molecule has 1 aromatic rings. The van der Waals surface area contributed by atoms with Gasteiger partial charge in [-0.15, -0.1) is 0 Å². The number of carboxylic acid groups (broad SMARTS) is 1. The Morgan fingerprint density at radius 1 is 1.12 bits per heavy atom. The molecular weight excluding hydrogens is 244 g/mol. The molecule has 7 heteroatoms. The van der Waals surface area contributed by atoms with Gasteiger partial charge in [0.2, 0.25) is 11.6 Å². The summed E-state index contributed by atoms with van der Waals surface area (Å²) in [5, 5.41) is 10.0. The highest BCUT2D eigenvalue weighted by atomic mass is 19.2. The van der Waals surface area contributed by atoms with Crippen LogP contribution in [-0.2, 0) is 4.79 Å². The van der Waals surface area contributed by atoms with Crippen molar-refractivity contribution < 1.29 is 32.2 Å². The van der Waals surface area contributed by atoms with Gasteiger partial charge in [-0.3, -0.25) is 0 Å². The second kappa shape index (κ2) is 4.86. The van der Waals surface area contributed by atoms with Crippen molar-refractivity contribution in [3.63, 3.8) is 0 Å². The lowest BCUT2D eigenvalue weighted by atomic mass is 10.1. The predicted octanol–water partition coefficient (Wildman–Crippen LogP) is 1.01. The zero-order valence-electron chi connectivity index (χ0n) is 8.39. The summed E-state index contributed by atoms with van der Waals surface area (Å²) < 4.78 is 56.8. The molecule has 0 unspecified atom stereocenters. The van der Waals surface area contributed by atoms with E-state index < -0.39 is 40.6 Å². The molecule has 0 N–H and O–H groups in total. The van der Waals surface area contributed by atoms with Crippen LogP contribution in [-0.4, -0.2) is 13.1 Å². The van der Waals surface area contributed by atoms with Gasteiger partial charge in [0, 0.05) is 0 Å². The average Bonchev–Trinajstić information content (AvgIpc) is 2.27. The molecule has 0 spiro atoms. The van der Waals surface area contributed by atoms with Crippen LogP contribution < -0.4 is 9.84 Å². The van der Waals surface area contributed by atoms with Gasteiger partial charge in [-0.25, -0.2) is 8.78 Å². The van der Waals surface area contributed by atoms with Gasteiger partial charge < -0.3 is 14.6 Å². The summed E-state index contributed by atoms with van der Waals surface area (Å²) in [7, 11) is 0.830. The minimum Gasteiger partial charge on any atom is -0.545 e. The Morgan fingerprint density at radius 3 is 1.94 bits per heavy atom. The lowest BCUT2D eigenvalue weighted by molar-refractivity contribution is -0.297. The smallest absolute Gasteiger partial charge is 0.204 e. The molecule has 0 atom stereocenters. The lowest BCUT2D eigenvalue weighted by Gasteiger charge is -2.08. The van der Waals surface area contributed by atoms with E-state index in [1.807, 2.05) is 0 Å². The van der Waals surface area contributed by atoms with E-state index in [0.717, 1.165) is 7.11 Å². The first-order valence-electron chi connectivity index (χ1n) is 4.19. The number of ether oxygens (including phenoxy) is 1. The van der Waals surface area contributed by atoms with E-state index in [0.29, 0.717) is 6.08 Å². The van der Waals surface area contributed by atoms with Crippen LogP contribution in [0.2, 0.25) is 0 Å². The van der Waals surface area contributed by atoms with Crippen LogP contribution in [0.3, 0.4) is 0 Å². The van der Waals surface area contributed by atoms with Crippen molar-refractivity contribution in [2.24, 2.45) is 0 Å². The van der Waals surface area contributed by atoms with E-state index in [1.54, 1.807) is 0 Å². The number of benzene rings is 1. The van der Waals surface area contributed by atoms with Crippen molar-refractivity contribution in [2.45, 2.75) is 0 Å². The molecule has 1 aromatic carbocycles. The molecule has 0 aromatic heterocycles. The van der Waals surface area contributed by atoms with Crippen LogP contribution >= 0.6 is 0 Å². The molecule has 0 radical (unpaired) electrons. The fraction of sp³-hybridized carbons (Fsp3) is 0.100. The molecule has 0 saturated carbocycles. The van der Waals surface area contributed by atoms with E-state index in [9.17, 15) is 27.5 Å². The highest BCUT2D eigenvalue weighted by Gasteiger charge is 2.24. The highest BCUT2D eigenvalue weighted by molar-refractivity contribution is 5.83. The molecular formula is C10H5F4O3-. The van der Waals surface area contributed by atoms with E-state index >= 15 is 0 Å². The molecule has 92 valence electrons. The Hall–Kier alpha value is -2.05. The maximum absolute atomic E-state index is 13.2. The van der Waals surface area contributed by atoms with Crippen LogP contribution in [0.15, 0.2) is 6.08 Å². The number of rotatable bonds is 3. The van der Waals surface area contributed by atoms with E-state index in [4.69, 9.17) is 0 Å². The Bertz CT molecular complexity index is 468. The normalized spacial score (nSPS) is 10.9. The molecule has 0 bridgehead atoms. The van der Waals surface area contributed by atoms with E-state index in [1.165, 1.54) is 0 Å². The molecule has 3 nitrogen and oxygen atoms in total. The zero-order chi connectivity index (χ0) is 13.2. The largest absolute Gasteiger partial charge is 0.545 e.